The van der Waals surface area contributed by atoms with Crippen LogP contribution >= 0.6 is 0 Å². The van der Waals surface area contributed by atoms with Gasteiger partial charge in [-0.05, 0) is 29.7 Å². The van der Waals surface area contributed by atoms with Gasteiger partial charge < -0.3 is 14.4 Å². The Morgan fingerprint density at radius 3 is 2.84 bits per heavy atom. The zero-order valence-electron chi connectivity index (χ0n) is 11.6. The van der Waals surface area contributed by atoms with Crippen LogP contribution in [0.4, 0.5) is 0 Å². The molecule has 0 saturated heterocycles. The maximum atomic E-state index is 11.9. The first kappa shape index (κ1) is 13.5. The van der Waals surface area contributed by atoms with E-state index in [-0.39, 0.29) is 12.7 Å². The molecule has 19 heavy (non-hydrogen) atoms. The van der Waals surface area contributed by atoms with Gasteiger partial charge in [0, 0.05) is 19.7 Å². The number of nitrogens with zero attached hydrogens (tertiary/aromatic N) is 1. The molecular weight excluding hydrogens is 242 g/mol. The van der Waals surface area contributed by atoms with Gasteiger partial charge >= 0.3 is 0 Å². The summed E-state index contributed by atoms with van der Waals surface area (Å²) in [5.41, 5.74) is 0.926. The lowest BCUT2D eigenvalue weighted by atomic mass is 10.2. The number of likely N-dealkylation sites (N-methyl/N-ethyl adjacent to an activating group) is 1. The van der Waals surface area contributed by atoms with Crippen LogP contribution in [0.2, 0.25) is 0 Å². The maximum Gasteiger partial charge on any atom is 0.246 e. The molecule has 0 N–H and O–H groups in total. The molecule has 1 aromatic carbocycles. The number of rotatable bonds is 4. The first-order valence-corrected chi connectivity index (χ1v) is 6.39. The molecule has 4 nitrogen and oxygen atoms in total. The molecule has 4 heteroatoms. The highest BCUT2D eigenvalue weighted by Gasteiger charge is 2.12. The summed E-state index contributed by atoms with van der Waals surface area (Å²) in [5.74, 6) is 1.95. The van der Waals surface area contributed by atoms with Crippen molar-refractivity contribution in [3.05, 3.63) is 29.8 Å². The number of carbonyl (C=O) groups is 1. The lowest BCUT2D eigenvalue weighted by Crippen LogP contribution is -2.28. The predicted octanol–water partition coefficient (Wildman–Crippen LogP) is 2.54. The van der Waals surface area contributed by atoms with Crippen molar-refractivity contribution in [1.29, 1.82) is 0 Å². The molecule has 0 bridgehead atoms. The standard InChI is InChI=1S/C15H19NO3/c1-11(2)9-16(3)15(17)7-5-12-4-6-13-14(8-12)19-10-18-13/h4-8,11H,9-10H2,1-3H3/b7-5+. The van der Waals surface area contributed by atoms with E-state index in [2.05, 4.69) is 13.8 Å². The second kappa shape index (κ2) is 5.78. The summed E-state index contributed by atoms with van der Waals surface area (Å²) < 4.78 is 10.5. The smallest absolute Gasteiger partial charge is 0.246 e. The number of hydrogen-bond donors (Lipinski definition) is 0. The van der Waals surface area contributed by atoms with Gasteiger partial charge in [0.25, 0.3) is 0 Å². The molecule has 1 aliphatic heterocycles. The summed E-state index contributed by atoms with van der Waals surface area (Å²) in [6.45, 7) is 5.19. The normalized spacial score (nSPS) is 13.3. The Labute approximate surface area is 113 Å². The molecule has 1 heterocycles. The molecule has 0 fully saturated rings. The Morgan fingerprint density at radius 2 is 2.11 bits per heavy atom. The lowest BCUT2D eigenvalue weighted by Gasteiger charge is -2.17. The zero-order chi connectivity index (χ0) is 13.8. The topological polar surface area (TPSA) is 38.8 Å². The quantitative estimate of drug-likeness (QED) is 0.782. The van der Waals surface area contributed by atoms with Gasteiger partial charge in [-0.15, -0.1) is 0 Å². The van der Waals surface area contributed by atoms with Gasteiger partial charge in [-0.1, -0.05) is 19.9 Å². The van der Waals surface area contributed by atoms with E-state index in [4.69, 9.17) is 9.47 Å². The van der Waals surface area contributed by atoms with Gasteiger partial charge in [-0.2, -0.15) is 0 Å². The third kappa shape index (κ3) is 3.50. The van der Waals surface area contributed by atoms with Crippen LogP contribution in [0.1, 0.15) is 19.4 Å². The fraction of sp³-hybridized carbons (Fsp3) is 0.400. The van der Waals surface area contributed by atoms with Gasteiger partial charge in [-0.3, -0.25) is 4.79 Å². The molecule has 0 aliphatic carbocycles. The molecular formula is C15H19NO3. The van der Waals surface area contributed by atoms with E-state index in [1.54, 1.807) is 17.1 Å². The van der Waals surface area contributed by atoms with E-state index < -0.39 is 0 Å². The average Bonchev–Trinajstić information content (AvgIpc) is 2.82. The van der Waals surface area contributed by atoms with E-state index >= 15 is 0 Å². The molecule has 0 saturated carbocycles. The largest absolute Gasteiger partial charge is 0.454 e. The van der Waals surface area contributed by atoms with Crippen molar-refractivity contribution in [3.63, 3.8) is 0 Å². The third-order valence-corrected chi connectivity index (χ3v) is 2.83. The molecule has 0 atom stereocenters. The van der Waals surface area contributed by atoms with Crippen molar-refractivity contribution < 1.29 is 14.3 Å². The van der Waals surface area contributed by atoms with Gasteiger partial charge in [0.15, 0.2) is 11.5 Å². The lowest BCUT2D eigenvalue weighted by molar-refractivity contribution is -0.125. The van der Waals surface area contributed by atoms with E-state index in [0.29, 0.717) is 5.92 Å². The minimum atomic E-state index is 0.00590. The number of ether oxygens (including phenoxy) is 2. The fourth-order valence-corrected chi connectivity index (χ4v) is 1.95. The second-order valence-corrected chi connectivity index (χ2v) is 5.06. The van der Waals surface area contributed by atoms with Crippen LogP contribution in [0, 0.1) is 5.92 Å². The molecule has 0 aromatic heterocycles. The fourth-order valence-electron chi connectivity index (χ4n) is 1.95. The van der Waals surface area contributed by atoms with Crippen LogP contribution < -0.4 is 9.47 Å². The highest BCUT2D eigenvalue weighted by Crippen LogP contribution is 2.32. The summed E-state index contributed by atoms with van der Waals surface area (Å²) in [4.78, 5) is 13.6. The average molecular weight is 261 g/mol. The summed E-state index contributed by atoms with van der Waals surface area (Å²) >= 11 is 0. The van der Waals surface area contributed by atoms with Gasteiger partial charge in [0.2, 0.25) is 12.7 Å². The van der Waals surface area contributed by atoms with Crippen molar-refractivity contribution >= 4 is 12.0 Å². The summed E-state index contributed by atoms with van der Waals surface area (Å²) in [5, 5.41) is 0. The minimum Gasteiger partial charge on any atom is -0.454 e. The Balaban J connectivity index is 2.00. The Morgan fingerprint density at radius 1 is 1.37 bits per heavy atom. The first-order chi connectivity index (χ1) is 9.06. The number of fused-ring (bicyclic) bond motifs is 1. The minimum absolute atomic E-state index is 0.00590. The number of carbonyl (C=O) groups excluding carboxylic acids is 1. The molecule has 1 amide bonds. The molecule has 0 unspecified atom stereocenters. The Kier molecular flexibility index (Phi) is 4.10. The van der Waals surface area contributed by atoms with Crippen molar-refractivity contribution in [3.8, 4) is 11.5 Å². The molecule has 0 spiro atoms. The van der Waals surface area contributed by atoms with Crippen molar-refractivity contribution in [2.75, 3.05) is 20.4 Å². The summed E-state index contributed by atoms with van der Waals surface area (Å²) in [6, 6.07) is 5.62. The number of hydrogen-bond acceptors (Lipinski definition) is 3. The Bertz CT molecular complexity index is 494. The van der Waals surface area contributed by atoms with Crippen molar-refractivity contribution in [1.82, 2.24) is 4.90 Å². The molecule has 2 rings (SSSR count). The van der Waals surface area contributed by atoms with Gasteiger partial charge in [0.1, 0.15) is 0 Å². The van der Waals surface area contributed by atoms with Crippen molar-refractivity contribution in [2.45, 2.75) is 13.8 Å². The van der Waals surface area contributed by atoms with E-state index in [9.17, 15) is 4.79 Å². The van der Waals surface area contributed by atoms with Crippen LogP contribution in [0.3, 0.4) is 0 Å². The molecule has 102 valence electrons. The number of benzene rings is 1. The van der Waals surface area contributed by atoms with Crippen LogP contribution in [0.25, 0.3) is 6.08 Å². The predicted molar refractivity (Wildman–Crippen MR) is 74.1 cm³/mol. The van der Waals surface area contributed by atoms with Crippen LogP contribution in [-0.4, -0.2) is 31.2 Å². The zero-order valence-corrected chi connectivity index (χ0v) is 11.6. The molecule has 1 aromatic rings. The number of amides is 1. The second-order valence-electron chi connectivity index (χ2n) is 5.06. The summed E-state index contributed by atoms with van der Waals surface area (Å²) in [7, 11) is 1.81. The van der Waals surface area contributed by atoms with Crippen molar-refractivity contribution in [2.24, 2.45) is 5.92 Å². The van der Waals surface area contributed by atoms with E-state index in [1.807, 2.05) is 25.2 Å². The van der Waals surface area contributed by atoms with Crippen LogP contribution in [0.15, 0.2) is 24.3 Å². The molecule has 1 aliphatic rings. The monoisotopic (exact) mass is 261 g/mol. The molecule has 0 radical (unpaired) electrons. The van der Waals surface area contributed by atoms with Gasteiger partial charge in [-0.25, -0.2) is 0 Å². The first-order valence-electron chi connectivity index (χ1n) is 6.39. The highest BCUT2D eigenvalue weighted by atomic mass is 16.7. The van der Waals surface area contributed by atoms with Crippen LogP contribution in [0.5, 0.6) is 11.5 Å². The van der Waals surface area contributed by atoms with E-state index in [0.717, 1.165) is 23.6 Å². The Hall–Kier alpha value is -1.97. The third-order valence-electron chi connectivity index (χ3n) is 2.83. The maximum absolute atomic E-state index is 11.9. The summed E-state index contributed by atoms with van der Waals surface area (Å²) in [6.07, 6.45) is 3.38. The highest BCUT2D eigenvalue weighted by molar-refractivity contribution is 5.91. The van der Waals surface area contributed by atoms with E-state index in [1.165, 1.54) is 0 Å². The SMILES string of the molecule is CC(C)CN(C)C(=O)/C=C/c1ccc2c(c1)OCO2. The van der Waals surface area contributed by atoms with Crippen LogP contribution in [-0.2, 0) is 4.79 Å². The van der Waals surface area contributed by atoms with Gasteiger partial charge in [0.05, 0.1) is 0 Å².